The number of nitrogens with one attached hydrogen (secondary N) is 1. The summed E-state index contributed by atoms with van der Waals surface area (Å²) in [6.07, 6.45) is 1.37. The van der Waals surface area contributed by atoms with Crippen molar-refractivity contribution in [3.05, 3.63) is 100 Å². The highest BCUT2D eigenvalue weighted by atomic mass is 19.1. The first-order valence-corrected chi connectivity index (χ1v) is 13.1. The Hall–Kier alpha value is -5.38. The van der Waals surface area contributed by atoms with Crippen LogP contribution in [0.4, 0.5) is 10.2 Å². The number of aryl methyl sites for hydroxylation is 2. The minimum Gasteiger partial charge on any atom is -0.458 e. The molecule has 0 saturated heterocycles. The van der Waals surface area contributed by atoms with Crippen molar-refractivity contribution in [1.82, 2.24) is 29.9 Å². The van der Waals surface area contributed by atoms with Crippen molar-refractivity contribution in [2.45, 2.75) is 26.8 Å². The van der Waals surface area contributed by atoms with Gasteiger partial charge in [0.1, 0.15) is 41.0 Å². The van der Waals surface area contributed by atoms with Gasteiger partial charge in [-0.3, -0.25) is 9.89 Å². The van der Waals surface area contributed by atoms with Crippen LogP contribution in [0, 0.1) is 19.7 Å². The van der Waals surface area contributed by atoms with Gasteiger partial charge in [0.05, 0.1) is 21.9 Å². The van der Waals surface area contributed by atoms with Gasteiger partial charge < -0.3 is 10.2 Å². The van der Waals surface area contributed by atoms with Crippen molar-refractivity contribution in [1.29, 1.82) is 0 Å². The molecular formula is C31H24FN7O2. The summed E-state index contributed by atoms with van der Waals surface area (Å²) in [6.45, 7) is 5.72. The lowest BCUT2D eigenvalue weighted by Gasteiger charge is -2.17. The standard InChI is InChI=1S/C31H24FN7O2/c1-15-7-10-24-22(11-15)28(40)25(18-5-4-6-20(32)12-18)29(41-24)17(3)39-31-26(30(33)34-14-35-31)27(38-39)19-8-9-21-16(2)36-37-23(21)13-19/h4-14,17H,1-3H3,(H,36,37)(H2,33,34,35). The molecule has 0 aliphatic heterocycles. The summed E-state index contributed by atoms with van der Waals surface area (Å²) >= 11 is 0. The van der Waals surface area contributed by atoms with E-state index < -0.39 is 11.9 Å². The Morgan fingerprint density at radius 1 is 1.00 bits per heavy atom. The molecule has 1 atom stereocenters. The van der Waals surface area contributed by atoms with Crippen LogP contribution in [0.15, 0.2) is 76.2 Å². The van der Waals surface area contributed by atoms with E-state index in [1.54, 1.807) is 28.9 Å². The zero-order valence-corrected chi connectivity index (χ0v) is 22.4. The van der Waals surface area contributed by atoms with Crippen molar-refractivity contribution < 1.29 is 8.81 Å². The largest absolute Gasteiger partial charge is 0.458 e. The van der Waals surface area contributed by atoms with E-state index in [4.69, 9.17) is 15.2 Å². The molecule has 0 saturated carbocycles. The normalized spacial score (nSPS) is 12.5. The number of H-pyrrole nitrogens is 1. The summed E-state index contributed by atoms with van der Waals surface area (Å²) in [5.41, 5.74) is 11.7. The number of nitrogen functional groups attached to an aromatic ring is 1. The van der Waals surface area contributed by atoms with Crippen LogP contribution in [0.2, 0.25) is 0 Å². The van der Waals surface area contributed by atoms with Crippen LogP contribution in [0.25, 0.3) is 55.3 Å². The number of nitrogens with two attached hydrogens (primary N) is 1. The maximum Gasteiger partial charge on any atom is 0.200 e. The number of anilines is 1. The molecule has 0 aliphatic carbocycles. The Morgan fingerprint density at radius 2 is 1.85 bits per heavy atom. The lowest BCUT2D eigenvalue weighted by Crippen LogP contribution is -2.16. The predicted molar refractivity (Wildman–Crippen MR) is 156 cm³/mol. The highest BCUT2D eigenvalue weighted by Gasteiger charge is 2.27. The molecule has 10 heteroatoms. The fraction of sp³-hybridized carbons (Fsp3) is 0.129. The highest BCUT2D eigenvalue weighted by Crippen LogP contribution is 2.37. The maximum absolute atomic E-state index is 14.4. The molecule has 202 valence electrons. The molecule has 41 heavy (non-hydrogen) atoms. The first-order chi connectivity index (χ1) is 19.8. The molecule has 0 bridgehead atoms. The lowest BCUT2D eigenvalue weighted by molar-refractivity contribution is 0.446. The molecule has 0 aliphatic rings. The van der Waals surface area contributed by atoms with Crippen molar-refractivity contribution in [2.75, 3.05) is 5.73 Å². The molecule has 4 aromatic heterocycles. The van der Waals surface area contributed by atoms with Crippen molar-refractivity contribution in [2.24, 2.45) is 0 Å². The monoisotopic (exact) mass is 545 g/mol. The average Bonchev–Trinajstić information content (AvgIpc) is 3.54. The summed E-state index contributed by atoms with van der Waals surface area (Å²) in [7, 11) is 0. The van der Waals surface area contributed by atoms with E-state index in [-0.39, 0.29) is 16.8 Å². The maximum atomic E-state index is 14.4. The average molecular weight is 546 g/mol. The van der Waals surface area contributed by atoms with E-state index >= 15 is 0 Å². The molecule has 0 spiro atoms. The number of benzene rings is 3. The van der Waals surface area contributed by atoms with E-state index in [1.807, 2.05) is 45.0 Å². The lowest BCUT2D eigenvalue weighted by atomic mass is 9.98. The second kappa shape index (κ2) is 9.09. The van der Waals surface area contributed by atoms with E-state index in [0.29, 0.717) is 39.0 Å². The molecule has 4 heterocycles. The third-order valence-corrected chi connectivity index (χ3v) is 7.47. The van der Waals surface area contributed by atoms with Gasteiger partial charge >= 0.3 is 0 Å². The van der Waals surface area contributed by atoms with Crippen LogP contribution >= 0.6 is 0 Å². The van der Waals surface area contributed by atoms with Gasteiger partial charge in [-0.15, -0.1) is 0 Å². The summed E-state index contributed by atoms with van der Waals surface area (Å²) in [5.74, 6) is 0.132. The number of hydrogen-bond acceptors (Lipinski definition) is 7. The Kier molecular flexibility index (Phi) is 5.46. The van der Waals surface area contributed by atoms with Gasteiger partial charge in [0.25, 0.3) is 0 Å². The van der Waals surface area contributed by atoms with Crippen LogP contribution in [0.1, 0.15) is 30.0 Å². The van der Waals surface area contributed by atoms with Crippen molar-refractivity contribution >= 4 is 38.7 Å². The summed E-state index contributed by atoms with van der Waals surface area (Å²) in [4.78, 5) is 22.7. The van der Waals surface area contributed by atoms with E-state index in [9.17, 15) is 9.18 Å². The fourth-order valence-electron chi connectivity index (χ4n) is 5.41. The number of nitrogens with zero attached hydrogens (tertiary/aromatic N) is 5. The van der Waals surface area contributed by atoms with Gasteiger partial charge in [-0.2, -0.15) is 10.2 Å². The summed E-state index contributed by atoms with van der Waals surface area (Å²) in [6, 6.07) is 16.6. The van der Waals surface area contributed by atoms with Crippen LogP contribution < -0.4 is 11.2 Å². The van der Waals surface area contributed by atoms with Gasteiger partial charge in [0.15, 0.2) is 5.65 Å². The predicted octanol–water partition coefficient (Wildman–Crippen LogP) is 6.09. The van der Waals surface area contributed by atoms with Crippen molar-refractivity contribution in [3.8, 4) is 22.4 Å². The molecule has 7 rings (SSSR count). The molecule has 3 N–H and O–H groups in total. The number of aromatic nitrogens is 6. The Labute approximate surface area is 232 Å². The Balaban J connectivity index is 1.50. The molecule has 0 radical (unpaired) electrons. The summed E-state index contributed by atoms with van der Waals surface area (Å²) in [5, 5.41) is 14.3. The molecular weight excluding hydrogens is 521 g/mol. The van der Waals surface area contributed by atoms with Crippen molar-refractivity contribution in [3.63, 3.8) is 0 Å². The first kappa shape index (κ1) is 24.6. The molecule has 3 aromatic carbocycles. The fourth-order valence-corrected chi connectivity index (χ4v) is 5.41. The number of halogens is 1. The SMILES string of the molecule is Cc1ccc2oc(C(C)n3nc(-c4ccc5c(C)[nH]nc5c4)c4c(N)ncnc43)c(-c3cccc(F)c3)c(=O)c2c1. The molecule has 0 fully saturated rings. The van der Waals surface area contributed by atoms with E-state index in [2.05, 4.69) is 20.2 Å². The minimum absolute atomic E-state index is 0.257. The number of rotatable bonds is 4. The third kappa shape index (κ3) is 3.87. The van der Waals surface area contributed by atoms with E-state index in [0.717, 1.165) is 27.7 Å². The number of aromatic amines is 1. The third-order valence-electron chi connectivity index (χ3n) is 7.47. The zero-order valence-electron chi connectivity index (χ0n) is 22.4. The number of fused-ring (bicyclic) bond motifs is 3. The second-order valence-electron chi connectivity index (χ2n) is 10.2. The van der Waals surface area contributed by atoms with Crippen LogP contribution in [-0.4, -0.2) is 29.9 Å². The van der Waals surface area contributed by atoms with Crippen LogP contribution in [0.5, 0.6) is 0 Å². The zero-order chi connectivity index (χ0) is 28.4. The highest BCUT2D eigenvalue weighted by molar-refractivity contribution is 6.00. The van der Waals surface area contributed by atoms with E-state index in [1.165, 1.54) is 18.5 Å². The second-order valence-corrected chi connectivity index (χ2v) is 10.2. The van der Waals surface area contributed by atoms with Crippen LogP contribution in [-0.2, 0) is 0 Å². The molecule has 7 aromatic rings. The van der Waals surface area contributed by atoms with Gasteiger partial charge in [-0.1, -0.05) is 35.9 Å². The van der Waals surface area contributed by atoms with Gasteiger partial charge in [-0.25, -0.2) is 19.0 Å². The molecule has 9 nitrogen and oxygen atoms in total. The quantitative estimate of drug-likeness (QED) is 0.274. The first-order valence-electron chi connectivity index (χ1n) is 13.1. The topological polar surface area (TPSA) is 129 Å². The van der Waals surface area contributed by atoms with Gasteiger partial charge in [0.2, 0.25) is 5.43 Å². The van der Waals surface area contributed by atoms with Gasteiger partial charge in [-0.05, 0) is 56.7 Å². The Morgan fingerprint density at radius 3 is 2.68 bits per heavy atom. The summed E-state index contributed by atoms with van der Waals surface area (Å²) < 4.78 is 22.5. The van der Waals surface area contributed by atoms with Gasteiger partial charge in [0, 0.05) is 16.6 Å². The Bertz CT molecular complexity index is 2210. The minimum atomic E-state index is -0.631. The van der Waals surface area contributed by atoms with Crippen LogP contribution in [0.3, 0.4) is 0 Å². The number of hydrogen-bond donors (Lipinski definition) is 2. The smallest absolute Gasteiger partial charge is 0.200 e. The molecule has 0 amide bonds. The molecule has 1 unspecified atom stereocenters.